The van der Waals surface area contributed by atoms with Gasteiger partial charge in [0.1, 0.15) is 5.82 Å². The van der Waals surface area contributed by atoms with Crippen LogP contribution in [0.1, 0.15) is 48.0 Å². The van der Waals surface area contributed by atoms with Gasteiger partial charge in [0.05, 0.1) is 12.6 Å². The monoisotopic (exact) mass is 426 g/mol. The fourth-order valence-corrected chi connectivity index (χ4v) is 5.55. The zero-order valence-corrected chi connectivity index (χ0v) is 17.8. The summed E-state index contributed by atoms with van der Waals surface area (Å²) < 4.78 is 15.5. The first-order valence-electron chi connectivity index (χ1n) is 10.8. The van der Waals surface area contributed by atoms with E-state index in [4.69, 9.17) is 0 Å². The molecule has 30 heavy (non-hydrogen) atoms. The molecule has 0 radical (unpaired) electrons. The Kier molecular flexibility index (Phi) is 5.88. The SMILES string of the molecule is Fc1ccc([C@@H](c2nnnn2Cc2cccs2)N2CCN(C3CCCC3)CC2)cc1. The first-order valence-corrected chi connectivity index (χ1v) is 11.7. The van der Waals surface area contributed by atoms with Crippen molar-refractivity contribution < 1.29 is 4.39 Å². The van der Waals surface area contributed by atoms with E-state index in [-0.39, 0.29) is 11.9 Å². The van der Waals surface area contributed by atoms with Gasteiger partial charge in [0, 0.05) is 37.1 Å². The number of nitrogens with zero attached hydrogens (tertiary/aromatic N) is 6. The first-order chi connectivity index (χ1) is 14.8. The second-order valence-electron chi connectivity index (χ2n) is 8.24. The lowest BCUT2D eigenvalue weighted by Crippen LogP contribution is -2.51. The number of tetrazole rings is 1. The van der Waals surface area contributed by atoms with Gasteiger partial charge in [-0.2, -0.15) is 0 Å². The normalized spacial score (nSPS) is 20.0. The van der Waals surface area contributed by atoms with E-state index in [9.17, 15) is 4.39 Å². The highest BCUT2D eigenvalue weighted by Crippen LogP contribution is 2.31. The largest absolute Gasteiger partial charge is 0.298 e. The molecule has 1 saturated carbocycles. The maximum atomic E-state index is 13.6. The molecule has 2 fully saturated rings. The van der Waals surface area contributed by atoms with Gasteiger partial charge in [-0.15, -0.1) is 16.4 Å². The molecule has 0 N–H and O–H groups in total. The molecule has 1 aromatic carbocycles. The average Bonchev–Trinajstić information content (AvgIpc) is 3.54. The van der Waals surface area contributed by atoms with Gasteiger partial charge >= 0.3 is 0 Å². The number of hydrogen-bond donors (Lipinski definition) is 0. The van der Waals surface area contributed by atoms with Crippen LogP contribution >= 0.6 is 11.3 Å². The van der Waals surface area contributed by atoms with Gasteiger partial charge in [0.15, 0.2) is 5.82 Å². The Bertz CT molecular complexity index is 927. The fourth-order valence-electron chi connectivity index (χ4n) is 4.87. The molecule has 5 rings (SSSR count). The fraction of sp³-hybridized carbons (Fsp3) is 0.500. The standard InChI is InChI=1S/C22H27FN6S/c23-18-9-7-17(8-10-18)21(22-24-25-26-29(22)16-20-6-3-15-30-20)28-13-11-27(12-14-28)19-4-1-2-5-19/h3,6-10,15,19,21H,1-2,4-5,11-14,16H2/t21-/m0/s1. The van der Waals surface area contributed by atoms with E-state index in [1.54, 1.807) is 11.3 Å². The lowest BCUT2D eigenvalue weighted by Gasteiger charge is -2.41. The van der Waals surface area contributed by atoms with Gasteiger partial charge < -0.3 is 0 Å². The van der Waals surface area contributed by atoms with Crippen molar-refractivity contribution >= 4 is 11.3 Å². The molecule has 6 nitrogen and oxygen atoms in total. The van der Waals surface area contributed by atoms with Crippen LogP contribution in [0.25, 0.3) is 0 Å². The van der Waals surface area contributed by atoms with Crippen molar-refractivity contribution in [3.63, 3.8) is 0 Å². The van der Waals surface area contributed by atoms with E-state index in [2.05, 4.69) is 36.8 Å². The highest BCUT2D eigenvalue weighted by molar-refractivity contribution is 7.09. The molecule has 2 aliphatic rings. The van der Waals surface area contributed by atoms with Crippen LogP contribution in [-0.2, 0) is 6.54 Å². The van der Waals surface area contributed by atoms with Crippen LogP contribution in [0.4, 0.5) is 4.39 Å². The van der Waals surface area contributed by atoms with Crippen molar-refractivity contribution in [1.29, 1.82) is 0 Å². The minimum absolute atomic E-state index is 0.0775. The smallest absolute Gasteiger partial charge is 0.173 e. The minimum Gasteiger partial charge on any atom is -0.298 e. The van der Waals surface area contributed by atoms with Gasteiger partial charge in [-0.1, -0.05) is 31.0 Å². The molecule has 1 saturated heterocycles. The van der Waals surface area contributed by atoms with Crippen molar-refractivity contribution in [3.8, 4) is 0 Å². The Balaban J connectivity index is 1.41. The second kappa shape index (κ2) is 8.91. The van der Waals surface area contributed by atoms with Gasteiger partial charge in [-0.3, -0.25) is 9.80 Å². The summed E-state index contributed by atoms with van der Waals surface area (Å²) in [4.78, 5) is 6.32. The summed E-state index contributed by atoms with van der Waals surface area (Å²) in [5, 5.41) is 14.8. The lowest BCUT2D eigenvalue weighted by molar-refractivity contribution is 0.0771. The summed E-state index contributed by atoms with van der Waals surface area (Å²) in [6, 6.07) is 11.6. The second-order valence-corrected chi connectivity index (χ2v) is 9.27. The molecule has 158 valence electrons. The summed E-state index contributed by atoms with van der Waals surface area (Å²) in [6.45, 7) is 4.71. The Morgan fingerprint density at radius 1 is 1.03 bits per heavy atom. The van der Waals surface area contributed by atoms with Crippen molar-refractivity contribution in [2.24, 2.45) is 0 Å². The number of aromatic nitrogens is 4. The molecule has 0 spiro atoms. The zero-order chi connectivity index (χ0) is 20.3. The molecular formula is C22H27FN6S. The van der Waals surface area contributed by atoms with Crippen LogP contribution in [0, 0.1) is 5.82 Å². The van der Waals surface area contributed by atoms with Gasteiger partial charge in [-0.05, 0) is 52.4 Å². The third kappa shape index (κ3) is 4.17. The number of piperazine rings is 1. The molecule has 1 aliphatic carbocycles. The van der Waals surface area contributed by atoms with E-state index >= 15 is 0 Å². The molecule has 1 aliphatic heterocycles. The van der Waals surface area contributed by atoms with Crippen molar-refractivity contribution in [2.75, 3.05) is 26.2 Å². The summed E-state index contributed by atoms with van der Waals surface area (Å²) in [5.74, 6) is 0.603. The molecule has 8 heteroatoms. The van der Waals surface area contributed by atoms with Gasteiger partial charge in [-0.25, -0.2) is 9.07 Å². The first kappa shape index (κ1) is 19.8. The quantitative estimate of drug-likeness (QED) is 0.603. The van der Waals surface area contributed by atoms with E-state index < -0.39 is 0 Å². The predicted octanol–water partition coefficient (Wildman–Crippen LogP) is 3.57. The summed E-state index contributed by atoms with van der Waals surface area (Å²) in [6.07, 6.45) is 5.39. The van der Waals surface area contributed by atoms with Crippen molar-refractivity contribution in [2.45, 2.75) is 44.3 Å². The number of hydrogen-bond acceptors (Lipinski definition) is 6. The minimum atomic E-state index is -0.221. The van der Waals surface area contributed by atoms with Crippen LogP contribution in [0.15, 0.2) is 41.8 Å². The number of rotatable bonds is 6. The predicted molar refractivity (Wildman–Crippen MR) is 115 cm³/mol. The van der Waals surface area contributed by atoms with Gasteiger partial charge in [0.2, 0.25) is 0 Å². The van der Waals surface area contributed by atoms with Crippen molar-refractivity contribution in [3.05, 3.63) is 63.9 Å². The average molecular weight is 427 g/mol. The number of benzene rings is 1. The summed E-state index contributed by atoms with van der Waals surface area (Å²) >= 11 is 1.70. The van der Waals surface area contributed by atoms with E-state index in [1.165, 1.54) is 42.7 Å². The Morgan fingerprint density at radius 2 is 1.80 bits per heavy atom. The number of halogens is 1. The van der Waals surface area contributed by atoms with Crippen LogP contribution in [-0.4, -0.2) is 62.2 Å². The molecule has 2 aromatic heterocycles. The molecule has 1 atom stereocenters. The van der Waals surface area contributed by atoms with Crippen molar-refractivity contribution in [1.82, 2.24) is 30.0 Å². The molecule has 0 bridgehead atoms. The highest BCUT2D eigenvalue weighted by atomic mass is 32.1. The van der Waals surface area contributed by atoms with E-state index in [0.717, 1.165) is 43.6 Å². The van der Waals surface area contributed by atoms with Gasteiger partial charge in [0.25, 0.3) is 0 Å². The third-order valence-electron chi connectivity index (χ3n) is 6.43. The summed E-state index contributed by atoms with van der Waals surface area (Å²) in [5.41, 5.74) is 1.04. The Hall–Kier alpha value is -2.16. The highest BCUT2D eigenvalue weighted by Gasteiger charge is 2.33. The van der Waals surface area contributed by atoms with E-state index in [1.807, 2.05) is 22.9 Å². The number of thiophene rings is 1. The zero-order valence-electron chi connectivity index (χ0n) is 17.0. The molecule has 0 unspecified atom stereocenters. The maximum Gasteiger partial charge on any atom is 0.173 e. The topological polar surface area (TPSA) is 50.1 Å². The maximum absolute atomic E-state index is 13.6. The summed E-state index contributed by atoms with van der Waals surface area (Å²) in [7, 11) is 0. The van der Waals surface area contributed by atoms with Crippen LogP contribution in [0.5, 0.6) is 0 Å². The molecule has 3 heterocycles. The lowest BCUT2D eigenvalue weighted by atomic mass is 10.0. The molecule has 0 amide bonds. The third-order valence-corrected chi connectivity index (χ3v) is 7.29. The Morgan fingerprint density at radius 3 is 2.50 bits per heavy atom. The van der Waals surface area contributed by atoms with Crippen LogP contribution in [0.2, 0.25) is 0 Å². The Labute approximate surface area is 180 Å². The van der Waals surface area contributed by atoms with Crippen LogP contribution in [0.3, 0.4) is 0 Å². The molecular weight excluding hydrogens is 399 g/mol. The molecule has 3 aromatic rings. The van der Waals surface area contributed by atoms with Crippen LogP contribution < -0.4 is 0 Å². The van der Waals surface area contributed by atoms with E-state index in [0.29, 0.717) is 6.54 Å².